The normalized spacial score (nSPS) is 12.2. The van der Waals surface area contributed by atoms with E-state index in [-0.39, 0.29) is 37.1 Å². The van der Waals surface area contributed by atoms with Gasteiger partial charge in [-0.1, -0.05) is 0 Å². The van der Waals surface area contributed by atoms with Gasteiger partial charge in [-0.05, 0) is 32.6 Å². The number of nitrogens with two attached hydrogens (primary N) is 1. The maximum Gasteiger partial charge on any atom is 0.519 e. The highest BCUT2D eigenvalue weighted by Crippen LogP contribution is 2.08. The zero-order chi connectivity index (χ0) is 20.2. The summed E-state index contributed by atoms with van der Waals surface area (Å²) in [5, 5.41) is 18.9. The minimum atomic E-state index is -0.860. The van der Waals surface area contributed by atoms with Crippen molar-refractivity contribution in [3.63, 3.8) is 0 Å². The third-order valence-electron chi connectivity index (χ3n) is 3.50. The van der Waals surface area contributed by atoms with E-state index in [1.165, 1.54) is 6.92 Å². The Morgan fingerprint density at radius 1 is 1.26 bits per heavy atom. The molecule has 0 fully saturated rings. The lowest BCUT2D eigenvalue weighted by Crippen LogP contribution is -2.32. The smallest absolute Gasteiger partial charge is 0.456 e. The number of rotatable bonds is 13. The summed E-state index contributed by atoms with van der Waals surface area (Å²) >= 11 is 0. The van der Waals surface area contributed by atoms with Crippen LogP contribution in [0.15, 0.2) is 13.6 Å². The van der Waals surface area contributed by atoms with Crippen LogP contribution in [0, 0.1) is 6.92 Å². The average Bonchev–Trinajstić information content (AvgIpc) is 2.93. The molecule has 0 saturated heterocycles. The van der Waals surface area contributed by atoms with Crippen LogP contribution in [0.3, 0.4) is 0 Å². The molecule has 0 saturated carbocycles. The minimum absolute atomic E-state index is 0.000855. The van der Waals surface area contributed by atoms with E-state index in [9.17, 15) is 14.4 Å². The van der Waals surface area contributed by atoms with Crippen molar-refractivity contribution in [2.45, 2.75) is 51.7 Å². The summed E-state index contributed by atoms with van der Waals surface area (Å²) in [6.45, 7) is 1.71. The first-order valence-corrected chi connectivity index (χ1v) is 8.38. The number of nitrogens with zero attached hydrogens (tertiary/aromatic N) is 1. The number of carbonyl (C=O) groups excluding carboxylic acids is 2. The van der Waals surface area contributed by atoms with Crippen LogP contribution >= 0.6 is 0 Å². The van der Waals surface area contributed by atoms with Crippen molar-refractivity contribution in [3.05, 3.63) is 22.1 Å². The quantitative estimate of drug-likeness (QED) is 0.202. The van der Waals surface area contributed by atoms with E-state index in [0.29, 0.717) is 32.2 Å². The number of nitrogens with one attached hydrogen (secondary N) is 1. The summed E-state index contributed by atoms with van der Waals surface area (Å²) < 4.78 is 14.3. The van der Waals surface area contributed by atoms with Gasteiger partial charge in [0.05, 0.1) is 12.0 Å². The van der Waals surface area contributed by atoms with Gasteiger partial charge in [-0.15, -0.1) is 0 Å². The number of hydrogen-bond acceptors (Lipinski definition) is 11. The molecular formula is C15H25N3O9. The van der Waals surface area contributed by atoms with Gasteiger partial charge < -0.3 is 24.6 Å². The Bertz CT molecular complexity index is 641. The van der Waals surface area contributed by atoms with E-state index in [1.807, 2.05) is 0 Å². The molecule has 0 aliphatic rings. The van der Waals surface area contributed by atoms with Gasteiger partial charge in [0, 0.05) is 13.0 Å². The Balaban J connectivity index is 2.08. The molecule has 1 unspecified atom stereocenters. The molecule has 0 radical (unpaired) electrons. The molecule has 1 atom stereocenters. The fourth-order valence-corrected chi connectivity index (χ4v) is 2.05. The van der Waals surface area contributed by atoms with Crippen molar-refractivity contribution in [1.29, 1.82) is 0 Å². The first-order chi connectivity index (χ1) is 12.8. The van der Waals surface area contributed by atoms with Crippen molar-refractivity contribution in [1.82, 2.24) is 10.7 Å². The van der Waals surface area contributed by atoms with Crippen LogP contribution in [-0.2, 0) is 25.8 Å². The molecule has 0 aromatic carbocycles. The van der Waals surface area contributed by atoms with Gasteiger partial charge in [0.2, 0.25) is 5.91 Å². The predicted molar refractivity (Wildman–Crippen MR) is 87.2 cm³/mol. The van der Waals surface area contributed by atoms with Crippen LogP contribution in [0.2, 0.25) is 0 Å². The Kier molecular flexibility index (Phi) is 10.3. The third kappa shape index (κ3) is 9.86. The van der Waals surface area contributed by atoms with Crippen LogP contribution in [-0.4, -0.2) is 46.9 Å². The number of aryl methyl sites for hydroxylation is 1. The molecule has 0 aliphatic heterocycles. The van der Waals surface area contributed by atoms with Gasteiger partial charge in [0.1, 0.15) is 6.04 Å². The van der Waals surface area contributed by atoms with Gasteiger partial charge >= 0.3 is 11.8 Å². The Morgan fingerprint density at radius 2 is 2.00 bits per heavy atom. The van der Waals surface area contributed by atoms with Crippen LogP contribution in [0.1, 0.15) is 43.6 Å². The molecule has 0 bridgehead atoms. The largest absolute Gasteiger partial charge is 0.519 e. The highest BCUT2D eigenvalue weighted by atomic mass is 17.1. The Labute approximate surface area is 154 Å². The molecule has 12 nitrogen and oxygen atoms in total. The lowest BCUT2D eigenvalue weighted by atomic mass is 10.1. The summed E-state index contributed by atoms with van der Waals surface area (Å²) in [4.78, 5) is 38.5. The molecule has 1 rings (SSSR count). The lowest BCUT2D eigenvalue weighted by Gasteiger charge is -2.11. The van der Waals surface area contributed by atoms with Crippen molar-refractivity contribution in [2.24, 2.45) is 5.73 Å². The van der Waals surface area contributed by atoms with E-state index in [4.69, 9.17) is 25.3 Å². The second kappa shape index (κ2) is 12.2. The fourth-order valence-electron chi connectivity index (χ4n) is 2.05. The monoisotopic (exact) mass is 391 g/mol. The van der Waals surface area contributed by atoms with E-state index in [2.05, 4.69) is 14.6 Å². The predicted octanol–water partition coefficient (Wildman–Crippen LogP) is -0.00958. The molecule has 5 N–H and O–H groups in total. The first kappa shape index (κ1) is 22.8. The van der Waals surface area contributed by atoms with Crippen LogP contribution < -0.4 is 16.9 Å². The number of esters is 1. The number of ether oxygens (including phenoxy) is 1. The molecule has 27 heavy (non-hydrogen) atoms. The summed E-state index contributed by atoms with van der Waals surface area (Å²) in [6, 6.07) is -0.823. The van der Waals surface area contributed by atoms with E-state index in [0.717, 1.165) is 0 Å². The molecule has 1 aromatic heterocycles. The molecule has 154 valence electrons. The van der Waals surface area contributed by atoms with E-state index < -0.39 is 23.2 Å². The topological polar surface area (TPSA) is 178 Å². The first-order valence-electron chi connectivity index (χ1n) is 8.38. The molecule has 0 spiro atoms. The SMILES string of the molecule is Cc1oc(=O)oc1COC(=O)C(N)CCCCNC(=O)CCCON(O)O. The highest BCUT2D eigenvalue weighted by Gasteiger charge is 2.17. The second-order valence-electron chi connectivity index (χ2n) is 5.68. The number of carbonyl (C=O) groups is 2. The molecule has 1 aromatic rings. The third-order valence-corrected chi connectivity index (χ3v) is 3.50. The highest BCUT2D eigenvalue weighted by molar-refractivity contribution is 5.76. The zero-order valence-electron chi connectivity index (χ0n) is 15.0. The minimum Gasteiger partial charge on any atom is -0.456 e. The number of unbranched alkanes of at least 4 members (excludes halogenated alkanes) is 1. The zero-order valence-corrected chi connectivity index (χ0v) is 15.0. The maximum absolute atomic E-state index is 11.8. The van der Waals surface area contributed by atoms with Crippen molar-refractivity contribution < 1.29 is 38.4 Å². The molecule has 1 amide bonds. The molecule has 1 heterocycles. The summed E-state index contributed by atoms with van der Waals surface area (Å²) in [5.74, 6) is -1.29. The van der Waals surface area contributed by atoms with Gasteiger partial charge in [-0.25, -0.2) is 4.79 Å². The van der Waals surface area contributed by atoms with Crippen LogP contribution in [0.4, 0.5) is 0 Å². The van der Waals surface area contributed by atoms with Gasteiger partial charge in [-0.2, -0.15) is 0 Å². The van der Waals surface area contributed by atoms with Gasteiger partial charge in [0.25, 0.3) is 0 Å². The Hall–Kier alpha value is -2.25. The van der Waals surface area contributed by atoms with Crippen LogP contribution in [0.25, 0.3) is 0 Å². The fraction of sp³-hybridized carbons (Fsp3) is 0.667. The average molecular weight is 391 g/mol. The maximum atomic E-state index is 11.8. The molecule has 12 heteroatoms. The lowest BCUT2D eigenvalue weighted by molar-refractivity contribution is -0.492. The van der Waals surface area contributed by atoms with Crippen molar-refractivity contribution in [3.8, 4) is 0 Å². The van der Waals surface area contributed by atoms with E-state index >= 15 is 0 Å². The second-order valence-corrected chi connectivity index (χ2v) is 5.68. The molecular weight excluding hydrogens is 366 g/mol. The summed E-state index contributed by atoms with van der Waals surface area (Å²) in [6.07, 6.45) is 2.11. The van der Waals surface area contributed by atoms with Crippen molar-refractivity contribution >= 4 is 11.9 Å². The standard InChI is InChI=1S/C15H25N3O9/c1-10-12(27-15(21)26-10)9-24-14(20)11(16)5-2-3-7-17-13(19)6-4-8-25-18(22)23/h11,22-23H,2-9,16H2,1H3,(H,17,19). The van der Waals surface area contributed by atoms with Crippen LogP contribution in [0.5, 0.6) is 0 Å². The molecule has 0 aliphatic carbocycles. The van der Waals surface area contributed by atoms with E-state index in [1.54, 1.807) is 0 Å². The van der Waals surface area contributed by atoms with Gasteiger partial charge in [-0.3, -0.25) is 24.8 Å². The number of hydrogen-bond donors (Lipinski definition) is 4. The Morgan fingerprint density at radius 3 is 2.63 bits per heavy atom. The number of amides is 1. The summed E-state index contributed by atoms with van der Waals surface area (Å²) in [5.41, 5.74) is 5.74. The van der Waals surface area contributed by atoms with Crippen molar-refractivity contribution in [2.75, 3.05) is 13.2 Å². The summed E-state index contributed by atoms with van der Waals surface area (Å²) in [7, 11) is 0. The van der Waals surface area contributed by atoms with Gasteiger partial charge in [0.15, 0.2) is 18.1 Å².